The molecule has 1 amide bonds. The number of carbonyl (C=O) groups excluding carboxylic acids is 1. The van der Waals surface area contributed by atoms with Gasteiger partial charge >= 0.3 is 6.18 Å². The fraction of sp³-hybridized carbons (Fsp3) is 0.522. The van der Waals surface area contributed by atoms with Crippen LogP contribution in [0.2, 0.25) is 0 Å². The Morgan fingerprint density at radius 3 is 2.79 bits per heavy atom. The minimum atomic E-state index is -4.61. The number of carbonyl (C=O) groups is 1. The number of amides is 1. The number of halogens is 3. The Morgan fingerprint density at radius 2 is 2.15 bits per heavy atom. The molecule has 2 aliphatic heterocycles. The van der Waals surface area contributed by atoms with E-state index in [1.165, 1.54) is 6.07 Å². The minimum Gasteiger partial charge on any atom is -0.384 e. The first-order valence-electron chi connectivity index (χ1n) is 10.9. The van der Waals surface area contributed by atoms with Gasteiger partial charge in [-0.3, -0.25) is 9.48 Å². The average Bonchev–Trinajstić information content (AvgIpc) is 3.42. The highest BCUT2D eigenvalue weighted by molar-refractivity contribution is 5.93. The summed E-state index contributed by atoms with van der Waals surface area (Å²) in [6.07, 6.45) is -0.614. The molecule has 3 heterocycles. The van der Waals surface area contributed by atoms with E-state index >= 15 is 0 Å². The summed E-state index contributed by atoms with van der Waals surface area (Å²) in [5.41, 5.74) is -0.617. The number of nitriles is 1. The van der Waals surface area contributed by atoms with Gasteiger partial charge in [0.2, 0.25) is 0 Å². The normalized spacial score (nSPS) is 22.8. The number of methoxy groups -OCH3 is 1. The first-order valence-corrected chi connectivity index (χ1v) is 10.9. The monoisotopic (exact) mass is 461 g/mol. The van der Waals surface area contributed by atoms with Crippen molar-refractivity contribution in [1.29, 1.82) is 5.26 Å². The van der Waals surface area contributed by atoms with E-state index < -0.39 is 11.7 Å². The third-order valence-corrected chi connectivity index (χ3v) is 6.85. The third-order valence-electron chi connectivity index (χ3n) is 6.85. The van der Waals surface area contributed by atoms with Gasteiger partial charge in [-0.2, -0.15) is 23.5 Å². The highest BCUT2D eigenvalue weighted by Gasteiger charge is 2.50. The van der Waals surface area contributed by atoms with Crippen LogP contribution in [0.15, 0.2) is 30.6 Å². The van der Waals surface area contributed by atoms with Crippen molar-refractivity contribution in [2.24, 2.45) is 11.3 Å². The van der Waals surface area contributed by atoms with E-state index in [0.29, 0.717) is 57.0 Å². The van der Waals surface area contributed by atoms with Crippen LogP contribution in [0.3, 0.4) is 0 Å². The molecule has 1 aromatic carbocycles. The standard InChI is InChI=1S/C23H26F3N5O2/c1-3-31-11-17(10-28-31)21(32)29-7-6-22(15-33-2)14-30(13-18(22)12-29)19-5-4-16(9-27)20(8-19)23(24,25)26/h4-5,8,10-11,18H,3,6-7,12-15H2,1-2H3. The molecular formula is C23H26F3N5O2. The molecule has 0 saturated carbocycles. The summed E-state index contributed by atoms with van der Waals surface area (Å²) >= 11 is 0. The fourth-order valence-electron chi connectivity index (χ4n) is 5.08. The molecule has 7 nitrogen and oxygen atoms in total. The largest absolute Gasteiger partial charge is 0.417 e. The number of ether oxygens (including phenoxy) is 1. The lowest BCUT2D eigenvalue weighted by atomic mass is 9.73. The summed E-state index contributed by atoms with van der Waals surface area (Å²) in [4.78, 5) is 16.8. The predicted octanol–water partition coefficient (Wildman–Crippen LogP) is 3.41. The second-order valence-corrected chi connectivity index (χ2v) is 8.80. The Balaban J connectivity index is 1.58. The first kappa shape index (κ1) is 23.1. The minimum absolute atomic E-state index is 0.0429. The Morgan fingerprint density at radius 1 is 1.36 bits per heavy atom. The third kappa shape index (κ3) is 4.29. The number of alkyl halides is 3. The lowest BCUT2D eigenvalue weighted by Gasteiger charge is -2.42. The van der Waals surface area contributed by atoms with Crippen LogP contribution >= 0.6 is 0 Å². The van der Waals surface area contributed by atoms with Crippen LogP contribution in [0.4, 0.5) is 18.9 Å². The molecule has 0 spiro atoms. The fourth-order valence-corrected chi connectivity index (χ4v) is 5.08. The van der Waals surface area contributed by atoms with Gasteiger partial charge in [-0.1, -0.05) is 0 Å². The number of likely N-dealkylation sites (tertiary alicyclic amines) is 1. The molecule has 0 N–H and O–H groups in total. The van der Waals surface area contributed by atoms with Gasteiger partial charge in [0, 0.05) is 63.1 Å². The molecule has 1 aromatic heterocycles. The summed E-state index contributed by atoms with van der Waals surface area (Å²) in [7, 11) is 1.62. The zero-order chi connectivity index (χ0) is 23.8. The Labute approximate surface area is 190 Å². The van der Waals surface area contributed by atoms with E-state index in [4.69, 9.17) is 10.00 Å². The van der Waals surface area contributed by atoms with Crippen LogP contribution in [-0.4, -0.2) is 60.5 Å². The molecule has 4 rings (SSSR count). The molecule has 2 aromatic rings. The zero-order valence-electron chi connectivity index (χ0n) is 18.6. The van der Waals surface area contributed by atoms with Gasteiger partial charge in [-0.15, -0.1) is 0 Å². The van der Waals surface area contributed by atoms with Gasteiger partial charge in [0.15, 0.2) is 0 Å². The van der Waals surface area contributed by atoms with Gasteiger partial charge in [0.25, 0.3) is 5.91 Å². The number of nitrogens with zero attached hydrogens (tertiary/aromatic N) is 5. The van der Waals surface area contributed by atoms with Gasteiger partial charge in [-0.25, -0.2) is 0 Å². The number of aryl methyl sites for hydroxylation is 1. The Hall–Kier alpha value is -3.06. The van der Waals surface area contributed by atoms with Gasteiger partial charge in [0.1, 0.15) is 0 Å². The van der Waals surface area contributed by atoms with Gasteiger partial charge in [-0.05, 0) is 31.5 Å². The molecule has 176 valence electrons. The number of anilines is 1. The SMILES string of the molecule is CCn1cc(C(=O)N2CCC3(COC)CN(c4ccc(C#N)c(C(F)(F)F)c4)CC3C2)cn1. The van der Waals surface area contributed by atoms with E-state index in [1.807, 2.05) is 11.8 Å². The van der Waals surface area contributed by atoms with Crippen molar-refractivity contribution in [3.05, 3.63) is 47.3 Å². The molecule has 0 aliphatic carbocycles. The smallest absolute Gasteiger partial charge is 0.384 e. The lowest BCUT2D eigenvalue weighted by molar-refractivity contribution is -0.137. The van der Waals surface area contributed by atoms with Crippen LogP contribution in [0.5, 0.6) is 0 Å². The van der Waals surface area contributed by atoms with Crippen LogP contribution in [-0.2, 0) is 17.5 Å². The van der Waals surface area contributed by atoms with Crippen molar-refractivity contribution in [3.63, 3.8) is 0 Å². The predicted molar refractivity (Wildman–Crippen MR) is 115 cm³/mol. The number of hydrogen-bond acceptors (Lipinski definition) is 5. The summed E-state index contributed by atoms with van der Waals surface area (Å²) in [5, 5.41) is 13.3. The van der Waals surface area contributed by atoms with Crippen LogP contribution in [0.25, 0.3) is 0 Å². The topological polar surface area (TPSA) is 74.4 Å². The van der Waals surface area contributed by atoms with E-state index in [2.05, 4.69) is 5.10 Å². The molecule has 33 heavy (non-hydrogen) atoms. The Kier molecular flexibility index (Phi) is 6.10. The molecule has 2 fully saturated rings. The van der Waals surface area contributed by atoms with Crippen molar-refractivity contribution >= 4 is 11.6 Å². The van der Waals surface area contributed by atoms with Crippen molar-refractivity contribution in [3.8, 4) is 6.07 Å². The number of piperidine rings is 1. The zero-order valence-corrected chi connectivity index (χ0v) is 18.6. The quantitative estimate of drug-likeness (QED) is 0.682. The van der Waals surface area contributed by atoms with Gasteiger partial charge in [0.05, 0.1) is 35.6 Å². The lowest BCUT2D eigenvalue weighted by Crippen LogP contribution is -2.50. The maximum absolute atomic E-state index is 13.5. The van der Waals surface area contributed by atoms with E-state index in [1.54, 1.807) is 41.2 Å². The highest BCUT2D eigenvalue weighted by Crippen LogP contribution is 2.45. The van der Waals surface area contributed by atoms with Crippen molar-refractivity contribution in [2.45, 2.75) is 26.1 Å². The summed E-state index contributed by atoms with van der Waals surface area (Å²) in [6.45, 7) is 5.17. The molecule has 2 unspecified atom stereocenters. The van der Waals surface area contributed by atoms with Crippen LogP contribution in [0.1, 0.15) is 34.8 Å². The van der Waals surface area contributed by atoms with E-state index in [0.717, 1.165) is 6.07 Å². The first-order chi connectivity index (χ1) is 15.7. The highest BCUT2D eigenvalue weighted by atomic mass is 19.4. The van der Waals surface area contributed by atoms with Crippen molar-refractivity contribution in [1.82, 2.24) is 14.7 Å². The van der Waals surface area contributed by atoms with E-state index in [9.17, 15) is 18.0 Å². The number of fused-ring (bicyclic) bond motifs is 1. The number of rotatable bonds is 5. The molecule has 0 radical (unpaired) electrons. The van der Waals surface area contributed by atoms with Crippen molar-refractivity contribution < 1.29 is 22.7 Å². The Bertz CT molecular complexity index is 1080. The molecule has 2 aliphatic rings. The number of hydrogen-bond donors (Lipinski definition) is 0. The molecule has 2 saturated heterocycles. The van der Waals surface area contributed by atoms with Gasteiger partial charge < -0.3 is 14.5 Å². The van der Waals surface area contributed by atoms with Crippen molar-refractivity contribution in [2.75, 3.05) is 44.8 Å². The van der Waals surface area contributed by atoms with Crippen LogP contribution in [0, 0.1) is 22.7 Å². The average molecular weight is 461 g/mol. The summed E-state index contributed by atoms with van der Waals surface area (Å²) in [5.74, 6) is -0.0433. The maximum atomic E-state index is 13.5. The second kappa shape index (κ2) is 8.71. The second-order valence-electron chi connectivity index (χ2n) is 8.80. The maximum Gasteiger partial charge on any atom is 0.417 e. The summed E-state index contributed by atoms with van der Waals surface area (Å²) < 4.78 is 47.7. The molecule has 2 atom stereocenters. The molecule has 10 heteroatoms. The number of benzene rings is 1. The molecular weight excluding hydrogens is 435 g/mol. The summed E-state index contributed by atoms with van der Waals surface area (Å²) in [6, 6.07) is 5.47. The number of aromatic nitrogens is 2. The van der Waals surface area contributed by atoms with Crippen LogP contribution < -0.4 is 4.90 Å². The molecule has 0 bridgehead atoms. The van der Waals surface area contributed by atoms with E-state index in [-0.39, 0.29) is 22.8 Å².